The van der Waals surface area contributed by atoms with Gasteiger partial charge < -0.3 is 18.9 Å². The standard InChI is InChI=1S/C33H42O8/c1-7-9-11-13-15-27(34)38-19-21(4)32(36)40-26-17-20(3)24-18-25(39-28(35)16-14-12-10-8-2)22(5)29(24)31-30(26)23(6)33(37)41-31/h7-8,24-26,29-31H,1-6,9-19H2/t24-,25-,26-,29-,30+,31+/m0/s1. The molecule has 0 aromatic rings. The number of esters is 4. The quantitative estimate of drug-likeness (QED) is 0.0823. The van der Waals surface area contributed by atoms with E-state index in [0.717, 1.165) is 31.3 Å². The summed E-state index contributed by atoms with van der Waals surface area (Å²) in [5, 5.41) is 0. The second-order valence-corrected chi connectivity index (χ2v) is 11.0. The zero-order valence-corrected chi connectivity index (χ0v) is 23.9. The van der Waals surface area contributed by atoms with Crippen molar-refractivity contribution in [3.63, 3.8) is 0 Å². The molecule has 3 aliphatic rings. The van der Waals surface area contributed by atoms with Crippen molar-refractivity contribution < 1.29 is 38.1 Å². The molecule has 0 spiro atoms. The fourth-order valence-corrected chi connectivity index (χ4v) is 5.83. The van der Waals surface area contributed by atoms with Crippen molar-refractivity contribution in [2.75, 3.05) is 6.61 Å². The molecule has 3 fully saturated rings. The summed E-state index contributed by atoms with van der Waals surface area (Å²) in [7, 11) is 0. The summed E-state index contributed by atoms with van der Waals surface area (Å²) < 4.78 is 22.5. The Hall–Kier alpha value is -3.68. The molecule has 0 aromatic heterocycles. The van der Waals surface area contributed by atoms with E-state index in [0.29, 0.717) is 31.3 Å². The average Bonchev–Trinajstić information content (AvgIpc) is 3.38. The minimum atomic E-state index is -0.783. The van der Waals surface area contributed by atoms with Crippen LogP contribution in [0.25, 0.3) is 0 Å². The van der Waals surface area contributed by atoms with Crippen LogP contribution in [0, 0.1) is 17.8 Å². The molecule has 1 aliphatic heterocycles. The number of fused-ring (bicyclic) bond motifs is 3. The van der Waals surface area contributed by atoms with E-state index in [1.54, 1.807) is 6.08 Å². The van der Waals surface area contributed by atoms with Crippen LogP contribution in [-0.2, 0) is 38.1 Å². The molecule has 2 saturated carbocycles. The third kappa shape index (κ3) is 7.96. The second kappa shape index (κ2) is 14.8. The van der Waals surface area contributed by atoms with E-state index in [2.05, 4.69) is 39.5 Å². The molecule has 0 unspecified atom stereocenters. The highest BCUT2D eigenvalue weighted by atomic mass is 16.6. The highest BCUT2D eigenvalue weighted by Crippen LogP contribution is 2.53. The maximum atomic E-state index is 12.9. The van der Waals surface area contributed by atoms with Gasteiger partial charge in [-0.15, -0.1) is 13.2 Å². The molecule has 3 rings (SSSR count). The van der Waals surface area contributed by atoms with Crippen LogP contribution in [0.4, 0.5) is 0 Å². The molecule has 0 radical (unpaired) electrons. The summed E-state index contributed by atoms with van der Waals surface area (Å²) in [5.74, 6) is -3.19. The van der Waals surface area contributed by atoms with E-state index in [1.165, 1.54) is 0 Å². The number of hydrogen-bond donors (Lipinski definition) is 0. The Balaban J connectivity index is 1.64. The monoisotopic (exact) mass is 566 g/mol. The Labute approximate surface area is 242 Å². The molecular formula is C33H42O8. The number of unbranched alkanes of at least 4 members (excludes halogenated alkanes) is 4. The van der Waals surface area contributed by atoms with Crippen LogP contribution in [0.1, 0.15) is 64.2 Å². The van der Waals surface area contributed by atoms with Gasteiger partial charge in [0, 0.05) is 30.8 Å². The highest BCUT2D eigenvalue weighted by Gasteiger charge is 2.57. The topological polar surface area (TPSA) is 105 Å². The molecule has 8 nitrogen and oxygen atoms in total. The van der Waals surface area contributed by atoms with Crippen molar-refractivity contribution in [3.05, 3.63) is 73.9 Å². The minimum Gasteiger partial charge on any atom is -0.461 e. The third-order valence-electron chi connectivity index (χ3n) is 8.05. The normalized spacial score (nSPS) is 26.7. The third-order valence-corrected chi connectivity index (χ3v) is 8.05. The van der Waals surface area contributed by atoms with Crippen molar-refractivity contribution >= 4 is 23.9 Å². The van der Waals surface area contributed by atoms with Crippen LogP contribution in [0.3, 0.4) is 0 Å². The van der Waals surface area contributed by atoms with Gasteiger partial charge in [0.15, 0.2) is 0 Å². The van der Waals surface area contributed by atoms with Gasteiger partial charge >= 0.3 is 23.9 Å². The molecule has 0 amide bonds. The summed E-state index contributed by atoms with van der Waals surface area (Å²) in [6.07, 6.45) is 7.59. The van der Waals surface area contributed by atoms with Crippen LogP contribution >= 0.6 is 0 Å². The fraction of sp³-hybridized carbons (Fsp3) is 0.515. The van der Waals surface area contributed by atoms with Crippen molar-refractivity contribution in [1.29, 1.82) is 0 Å². The molecule has 41 heavy (non-hydrogen) atoms. The van der Waals surface area contributed by atoms with Gasteiger partial charge in [0.1, 0.15) is 24.9 Å². The molecule has 0 N–H and O–H groups in total. The van der Waals surface area contributed by atoms with Crippen LogP contribution in [-0.4, -0.2) is 48.8 Å². The van der Waals surface area contributed by atoms with E-state index in [9.17, 15) is 19.2 Å². The van der Waals surface area contributed by atoms with Gasteiger partial charge in [-0.2, -0.15) is 0 Å². The SMILES string of the molecule is C=CCCCCC(=O)OCC(=C)C(=O)O[C@H]1CC(=C)[C@@H]2C[C@H](OC(=O)CCCCC=C)C(=C)[C@@H]2[C@H]2OC(=O)C(=C)[C@@H]21. The second-order valence-electron chi connectivity index (χ2n) is 11.0. The summed E-state index contributed by atoms with van der Waals surface area (Å²) in [6, 6.07) is 0. The predicted molar refractivity (Wildman–Crippen MR) is 154 cm³/mol. The maximum absolute atomic E-state index is 12.9. The van der Waals surface area contributed by atoms with Gasteiger partial charge in [-0.1, -0.05) is 44.0 Å². The average molecular weight is 567 g/mol. The summed E-state index contributed by atoms with van der Waals surface area (Å²) >= 11 is 0. The largest absolute Gasteiger partial charge is 0.461 e. The number of hydrogen-bond acceptors (Lipinski definition) is 8. The zero-order valence-electron chi connectivity index (χ0n) is 23.9. The summed E-state index contributed by atoms with van der Waals surface area (Å²) in [6.45, 7) is 23.2. The van der Waals surface area contributed by atoms with Crippen LogP contribution in [0.15, 0.2) is 73.9 Å². The Morgan fingerprint density at radius 1 is 0.902 bits per heavy atom. The van der Waals surface area contributed by atoms with Crippen molar-refractivity contribution in [3.8, 4) is 0 Å². The van der Waals surface area contributed by atoms with E-state index < -0.39 is 42.1 Å². The van der Waals surface area contributed by atoms with Gasteiger partial charge in [-0.25, -0.2) is 9.59 Å². The molecule has 1 saturated heterocycles. The number of carbonyl (C=O) groups is 4. The van der Waals surface area contributed by atoms with Crippen LogP contribution < -0.4 is 0 Å². The first kappa shape index (κ1) is 31.8. The van der Waals surface area contributed by atoms with E-state index in [1.807, 2.05) is 6.08 Å². The number of allylic oxidation sites excluding steroid dienone is 2. The molecule has 1 heterocycles. The van der Waals surface area contributed by atoms with E-state index in [-0.39, 0.29) is 48.4 Å². The Kier molecular flexibility index (Phi) is 11.5. The lowest BCUT2D eigenvalue weighted by Gasteiger charge is -2.28. The van der Waals surface area contributed by atoms with Crippen molar-refractivity contribution in [2.45, 2.75) is 82.5 Å². The molecule has 222 valence electrons. The van der Waals surface area contributed by atoms with Gasteiger partial charge in [0.05, 0.1) is 11.5 Å². The van der Waals surface area contributed by atoms with Crippen LogP contribution in [0.5, 0.6) is 0 Å². The van der Waals surface area contributed by atoms with Gasteiger partial charge in [0.2, 0.25) is 0 Å². The zero-order chi connectivity index (χ0) is 30.1. The lowest BCUT2D eigenvalue weighted by atomic mass is 9.81. The molecule has 6 atom stereocenters. The Morgan fingerprint density at radius 3 is 2.17 bits per heavy atom. The molecule has 0 bridgehead atoms. The maximum Gasteiger partial charge on any atom is 0.337 e. The van der Waals surface area contributed by atoms with Crippen LogP contribution in [0.2, 0.25) is 0 Å². The van der Waals surface area contributed by atoms with Gasteiger partial charge in [-0.05, 0) is 56.4 Å². The molecule has 8 heteroatoms. The number of rotatable bonds is 15. The van der Waals surface area contributed by atoms with Crippen molar-refractivity contribution in [1.82, 2.24) is 0 Å². The summed E-state index contributed by atoms with van der Waals surface area (Å²) in [5.41, 5.74) is 1.63. The van der Waals surface area contributed by atoms with Gasteiger partial charge in [0.25, 0.3) is 0 Å². The van der Waals surface area contributed by atoms with Crippen molar-refractivity contribution in [2.24, 2.45) is 17.8 Å². The molecule has 0 aromatic carbocycles. The minimum absolute atomic E-state index is 0.0172. The molecule has 2 aliphatic carbocycles. The Bertz CT molecular complexity index is 1110. The fourth-order valence-electron chi connectivity index (χ4n) is 5.83. The summed E-state index contributed by atoms with van der Waals surface area (Å²) in [4.78, 5) is 50.1. The molecular weight excluding hydrogens is 524 g/mol. The number of ether oxygens (including phenoxy) is 4. The predicted octanol–water partition coefficient (Wildman–Crippen LogP) is 5.65. The highest BCUT2D eigenvalue weighted by molar-refractivity contribution is 5.92. The first-order valence-corrected chi connectivity index (χ1v) is 14.3. The van der Waals surface area contributed by atoms with E-state index in [4.69, 9.17) is 18.9 Å². The smallest absolute Gasteiger partial charge is 0.337 e. The lowest BCUT2D eigenvalue weighted by molar-refractivity contribution is -0.151. The van der Waals surface area contributed by atoms with E-state index >= 15 is 0 Å². The van der Waals surface area contributed by atoms with Gasteiger partial charge in [-0.3, -0.25) is 9.59 Å². The first-order chi connectivity index (χ1) is 19.6. The first-order valence-electron chi connectivity index (χ1n) is 14.3. The Morgan fingerprint density at radius 2 is 1.54 bits per heavy atom. The lowest BCUT2D eigenvalue weighted by Crippen LogP contribution is -2.36. The number of carbonyl (C=O) groups excluding carboxylic acids is 4.